The molecule has 8 heteroatoms. The lowest BCUT2D eigenvalue weighted by atomic mass is 10.2. The number of benzene rings is 2. The molecule has 0 aliphatic carbocycles. The second kappa shape index (κ2) is 8.11. The van der Waals surface area contributed by atoms with E-state index >= 15 is 0 Å². The van der Waals surface area contributed by atoms with E-state index in [0.29, 0.717) is 38.7 Å². The number of urea groups is 1. The Hall–Kier alpha value is -3.03. The van der Waals surface area contributed by atoms with Gasteiger partial charge in [-0.1, -0.05) is 35.9 Å². The largest absolute Gasteiger partial charge is 0.487 e. The zero-order valence-electron chi connectivity index (χ0n) is 14.6. The molecule has 0 aliphatic heterocycles. The molecule has 2 amide bonds. The summed E-state index contributed by atoms with van der Waals surface area (Å²) in [5.41, 5.74) is 7.10. The number of primary amides is 1. The number of carbonyl (C=O) groups excluding carboxylic acids is 1. The predicted octanol–water partition coefficient (Wildman–Crippen LogP) is 4.15. The molecule has 0 unspecified atom stereocenters. The van der Waals surface area contributed by atoms with Gasteiger partial charge in [0.2, 0.25) is 5.89 Å². The van der Waals surface area contributed by atoms with Crippen molar-refractivity contribution in [3.63, 3.8) is 0 Å². The first-order chi connectivity index (χ1) is 12.9. The molecule has 0 fully saturated rings. The van der Waals surface area contributed by atoms with Crippen molar-refractivity contribution >= 4 is 17.6 Å². The van der Waals surface area contributed by atoms with E-state index in [1.165, 1.54) is 0 Å². The molecule has 0 saturated heterocycles. The van der Waals surface area contributed by atoms with E-state index in [1.807, 2.05) is 37.3 Å². The fourth-order valence-corrected chi connectivity index (χ4v) is 2.63. The molecule has 3 aromatic rings. The van der Waals surface area contributed by atoms with Gasteiger partial charge in [-0.25, -0.2) is 14.8 Å². The first kappa shape index (κ1) is 18.8. The van der Waals surface area contributed by atoms with Crippen LogP contribution in [0.4, 0.5) is 4.79 Å². The van der Waals surface area contributed by atoms with E-state index in [4.69, 9.17) is 26.5 Å². The van der Waals surface area contributed by atoms with Crippen molar-refractivity contribution in [2.45, 2.75) is 20.1 Å². The molecule has 0 saturated carbocycles. The molecule has 1 aromatic heterocycles. The van der Waals surface area contributed by atoms with Gasteiger partial charge in [-0.05, 0) is 36.8 Å². The topological polar surface area (TPSA) is 102 Å². The molecule has 3 N–H and O–H groups in total. The Balaban J connectivity index is 1.68. The zero-order chi connectivity index (χ0) is 19.4. The van der Waals surface area contributed by atoms with Crippen LogP contribution in [0.15, 0.2) is 52.9 Å². The van der Waals surface area contributed by atoms with Crippen LogP contribution in [0.3, 0.4) is 0 Å². The highest BCUT2D eigenvalue weighted by molar-refractivity contribution is 6.31. The lowest BCUT2D eigenvalue weighted by molar-refractivity contribution is -0.0470. The molecule has 7 nitrogen and oxygen atoms in total. The Morgan fingerprint density at radius 1 is 1.30 bits per heavy atom. The number of carbonyl (C=O) groups is 1. The van der Waals surface area contributed by atoms with E-state index in [-0.39, 0.29) is 13.2 Å². The Kier molecular flexibility index (Phi) is 5.63. The molecule has 0 bridgehead atoms. The zero-order valence-corrected chi connectivity index (χ0v) is 15.3. The number of halogens is 1. The summed E-state index contributed by atoms with van der Waals surface area (Å²) in [6.07, 6.45) is 0. The van der Waals surface area contributed by atoms with Crippen molar-refractivity contribution in [1.82, 2.24) is 10.0 Å². The predicted molar refractivity (Wildman–Crippen MR) is 99.4 cm³/mol. The maximum atomic E-state index is 10.9. The summed E-state index contributed by atoms with van der Waals surface area (Å²) in [5, 5.41) is 10.1. The number of nitrogens with two attached hydrogens (primary N) is 1. The first-order valence-electron chi connectivity index (χ1n) is 8.13. The van der Waals surface area contributed by atoms with Crippen LogP contribution in [0.25, 0.3) is 11.5 Å². The molecule has 0 spiro atoms. The average molecular weight is 388 g/mol. The lowest BCUT2D eigenvalue weighted by Gasteiger charge is -2.13. The highest BCUT2D eigenvalue weighted by atomic mass is 35.5. The highest BCUT2D eigenvalue weighted by Gasteiger charge is 2.13. The summed E-state index contributed by atoms with van der Waals surface area (Å²) in [6, 6.07) is 13.6. The van der Waals surface area contributed by atoms with Gasteiger partial charge in [0.25, 0.3) is 0 Å². The minimum absolute atomic E-state index is 0.114. The Morgan fingerprint density at radius 2 is 2.04 bits per heavy atom. The number of rotatable bonds is 6. The monoisotopic (exact) mass is 387 g/mol. The van der Waals surface area contributed by atoms with E-state index in [1.54, 1.807) is 18.2 Å². The maximum Gasteiger partial charge on any atom is 0.338 e. The van der Waals surface area contributed by atoms with Crippen LogP contribution < -0.4 is 10.5 Å². The number of aromatic nitrogens is 1. The van der Waals surface area contributed by atoms with Crippen molar-refractivity contribution in [1.29, 1.82) is 0 Å². The highest BCUT2D eigenvalue weighted by Crippen LogP contribution is 2.26. The van der Waals surface area contributed by atoms with Gasteiger partial charge in [0.05, 0.1) is 6.54 Å². The molecule has 140 valence electrons. The quantitative estimate of drug-likeness (QED) is 0.488. The summed E-state index contributed by atoms with van der Waals surface area (Å²) < 4.78 is 11.4. The smallest absolute Gasteiger partial charge is 0.338 e. The van der Waals surface area contributed by atoms with Crippen molar-refractivity contribution < 1.29 is 19.2 Å². The number of aryl methyl sites for hydroxylation is 1. The van der Waals surface area contributed by atoms with Crippen LogP contribution in [0.5, 0.6) is 5.75 Å². The minimum Gasteiger partial charge on any atom is -0.487 e. The van der Waals surface area contributed by atoms with Crippen molar-refractivity contribution in [2.75, 3.05) is 0 Å². The molecule has 27 heavy (non-hydrogen) atoms. The second-order valence-corrected chi connectivity index (χ2v) is 6.23. The van der Waals surface area contributed by atoms with Crippen LogP contribution in [0, 0.1) is 6.92 Å². The molecular weight excluding hydrogens is 370 g/mol. The Labute approximate surface area is 160 Å². The van der Waals surface area contributed by atoms with Crippen molar-refractivity contribution in [2.24, 2.45) is 5.73 Å². The SMILES string of the molecule is Cc1oc(-c2ccccc2)nc1COc1ccc(CN(O)C(N)=O)c(Cl)c1. The Bertz CT molecular complexity index is 943. The number of hydrogen-bond donors (Lipinski definition) is 2. The fraction of sp³-hybridized carbons (Fsp3) is 0.158. The number of hydroxylamine groups is 2. The summed E-state index contributed by atoms with van der Waals surface area (Å²) in [7, 11) is 0. The third kappa shape index (κ3) is 4.58. The first-order valence-corrected chi connectivity index (χ1v) is 8.50. The summed E-state index contributed by atoms with van der Waals surface area (Å²) in [5.74, 6) is 1.74. The van der Waals surface area contributed by atoms with Gasteiger partial charge >= 0.3 is 6.03 Å². The molecule has 0 atom stereocenters. The van der Waals surface area contributed by atoms with Gasteiger partial charge in [0, 0.05) is 10.6 Å². The van der Waals surface area contributed by atoms with Gasteiger partial charge < -0.3 is 14.9 Å². The van der Waals surface area contributed by atoms with E-state index in [2.05, 4.69) is 4.98 Å². The van der Waals surface area contributed by atoms with Gasteiger partial charge in [0.1, 0.15) is 23.8 Å². The van der Waals surface area contributed by atoms with Gasteiger partial charge in [-0.2, -0.15) is 0 Å². The summed E-state index contributed by atoms with van der Waals surface area (Å²) in [4.78, 5) is 15.4. The minimum atomic E-state index is -0.956. The standard InChI is InChI=1S/C19H18ClN3O4/c1-12-17(22-18(27-12)13-5-3-2-4-6-13)11-26-15-8-7-14(16(20)9-15)10-23(25)19(21)24/h2-9,25H,10-11H2,1H3,(H2,21,24). The van der Waals surface area contributed by atoms with Gasteiger partial charge in [-0.3, -0.25) is 5.21 Å². The van der Waals surface area contributed by atoms with E-state index in [0.717, 1.165) is 5.56 Å². The van der Waals surface area contributed by atoms with Crippen LogP contribution in [-0.4, -0.2) is 21.3 Å². The third-order valence-corrected chi connectivity index (χ3v) is 4.24. The molecule has 1 heterocycles. The second-order valence-electron chi connectivity index (χ2n) is 5.83. The van der Waals surface area contributed by atoms with Crippen LogP contribution in [0.1, 0.15) is 17.0 Å². The van der Waals surface area contributed by atoms with E-state index in [9.17, 15) is 10.0 Å². The summed E-state index contributed by atoms with van der Waals surface area (Å²) in [6.45, 7) is 1.93. The number of amides is 2. The lowest BCUT2D eigenvalue weighted by Crippen LogP contribution is -2.32. The number of ether oxygens (including phenoxy) is 1. The van der Waals surface area contributed by atoms with Crippen LogP contribution in [0.2, 0.25) is 5.02 Å². The normalized spacial score (nSPS) is 10.6. The fourth-order valence-electron chi connectivity index (χ4n) is 2.40. The summed E-state index contributed by atoms with van der Waals surface area (Å²) >= 11 is 6.17. The molecule has 2 aromatic carbocycles. The third-order valence-electron chi connectivity index (χ3n) is 3.89. The molecular formula is C19H18ClN3O4. The van der Waals surface area contributed by atoms with Crippen molar-refractivity contribution in [3.8, 4) is 17.2 Å². The van der Waals surface area contributed by atoms with Crippen LogP contribution >= 0.6 is 11.6 Å². The maximum absolute atomic E-state index is 10.9. The number of nitrogens with zero attached hydrogens (tertiary/aromatic N) is 2. The number of hydrogen-bond acceptors (Lipinski definition) is 5. The van der Waals surface area contributed by atoms with E-state index < -0.39 is 6.03 Å². The average Bonchev–Trinajstić information content (AvgIpc) is 3.03. The number of oxazole rings is 1. The molecule has 0 radical (unpaired) electrons. The van der Waals surface area contributed by atoms with Gasteiger partial charge in [0.15, 0.2) is 0 Å². The van der Waals surface area contributed by atoms with Crippen molar-refractivity contribution in [3.05, 3.63) is 70.6 Å². The Morgan fingerprint density at radius 3 is 2.70 bits per heavy atom. The molecule has 3 rings (SSSR count). The molecule has 0 aliphatic rings. The van der Waals surface area contributed by atoms with Gasteiger partial charge in [-0.15, -0.1) is 0 Å². The van der Waals surface area contributed by atoms with Crippen LogP contribution in [-0.2, 0) is 13.2 Å².